The number of aryl methyl sites for hydroxylation is 1. The first-order valence-electron chi connectivity index (χ1n) is 11.7. The summed E-state index contributed by atoms with van der Waals surface area (Å²) in [5.41, 5.74) is 4.44. The topological polar surface area (TPSA) is 63.3 Å². The van der Waals surface area contributed by atoms with Crippen molar-refractivity contribution in [2.45, 2.75) is 38.1 Å². The van der Waals surface area contributed by atoms with Crippen molar-refractivity contribution in [2.75, 3.05) is 14.2 Å². The average molecular weight is 457 g/mol. The second kappa shape index (κ2) is 10.9. The summed E-state index contributed by atoms with van der Waals surface area (Å²) in [7, 11) is 3.25. The monoisotopic (exact) mass is 456 g/mol. The molecule has 0 unspecified atom stereocenters. The number of nitrogens with one attached hydrogen (secondary N) is 2. The Hall–Kier alpha value is -3.73. The van der Waals surface area contributed by atoms with Crippen LogP contribution in [0.1, 0.15) is 42.4 Å². The molecule has 5 nitrogen and oxygen atoms in total. The fourth-order valence-corrected chi connectivity index (χ4v) is 4.48. The van der Waals surface area contributed by atoms with E-state index in [1.54, 1.807) is 14.2 Å². The molecule has 0 aliphatic heterocycles. The molecule has 0 fully saturated rings. The van der Waals surface area contributed by atoms with Crippen molar-refractivity contribution in [3.63, 3.8) is 0 Å². The Morgan fingerprint density at radius 2 is 1.68 bits per heavy atom. The molecular weight excluding hydrogens is 424 g/mol. The zero-order valence-electron chi connectivity index (χ0n) is 20.0. The van der Waals surface area contributed by atoms with Gasteiger partial charge in [0, 0.05) is 35.5 Å². The van der Waals surface area contributed by atoms with E-state index >= 15 is 0 Å². The number of carbonyl (C=O) groups excluding carboxylic acids is 1. The zero-order chi connectivity index (χ0) is 23.9. The molecule has 176 valence electrons. The summed E-state index contributed by atoms with van der Waals surface area (Å²) in [6.45, 7) is 2.07. The van der Waals surface area contributed by atoms with E-state index in [4.69, 9.17) is 9.47 Å². The van der Waals surface area contributed by atoms with Crippen molar-refractivity contribution in [2.24, 2.45) is 0 Å². The Morgan fingerprint density at radius 3 is 2.44 bits per heavy atom. The van der Waals surface area contributed by atoms with Gasteiger partial charge in [-0.3, -0.25) is 4.79 Å². The number of carbonyl (C=O) groups is 1. The summed E-state index contributed by atoms with van der Waals surface area (Å²) in [6.07, 6.45) is 4.18. The maximum Gasteiger partial charge on any atom is 0.221 e. The Balaban J connectivity index is 1.55. The van der Waals surface area contributed by atoms with E-state index in [0.717, 1.165) is 34.9 Å². The number of aromatic nitrogens is 1. The number of methoxy groups -OCH3 is 2. The molecule has 3 aromatic carbocycles. The smallest absolute Gasteiger partial charge is 0.221 e. The van der Waals surface area contributed by atoms with E-state index in [9.17, 15) is 4.79 Å². The van der Waals surface area contributed by atoms with Crippen LogP contribution in [0, 0.1) is 0 Å². The van der Waals surface area contributed by atoms with Crippen LogP contribution in [0.4, 0.5) is 0 Å². The maximum atomic E-state index is 13.2. The molecule has 1 heterocycles. The summed E-state index contributed by atoms with van der Waals surface area (Å²) in [5, 5.41) is 4.32. The van der Waals surface area contributed by atoms with Crippen LogP contribution in [-0.4, -0.2) is 31.2 Å². The van der Waals surface area contributed by atoms with Crippen molar-refractivity contribution >= 4 is 16.8 Å². The highest BCUT2D eigenvalue weighted by molar-refractivity contribution is 5.86. The predicted molar refractivity (Wildman–Crippen MR) is 137 cm³/mol. The van der Waals surface area contributed by atoms with Gasteiger partial charge in [0.2, 0.25) is 5.91 Å². The van der Waals surface area contributed by atoms with Crippen LogP contribution < -0.4 is 14.8 Å². The molecule has 4 rings (SSSR count). The van der Waals surface area contributed by atoms with Crippen LogP contribution in [0.25, 0.3) is 10.9 Å². The number of para-hydroxylation sites is 1. The third-order valence-corrected chi connectivity index (χ3v) is 6.31. The molecule has 0 radical (unpaired) electrons. The van der Waals surface area contributed by atoms with Crippen molar-refractivity contribution in [1.29, 1.82) is 0 Å². The Labute approximate surface area is 201 Å². The second-order valence-electron chi connectivity index (χ2n) is 8.65. The van der Waals surface area contributed by atoms with Gasteiger partial charge >= 0.3 is 0 Å². The molecule has 0 saturated carbocycles. The predicted octanol–water partition coefficient (Wildman–Crippen LogP) is 5.84. The number of fused-ring (bicyclic) bond motifs is 1. The molecular formula is C29H32N2O3. The Kier molecular flexibility index (Phi) is 7.53. The minimum atomic E-state index is -0.128. The van der Waals surface area contributed by atoms with Gasteiger partial charge in [-0.05, 0) is 54.7 Å². The summed E-state index contributed by atoms with van der Waals surface area (Å²) in [6, 6.07) is 24.5. The number of rotatable bonds is 10. The van der Waals surface area contributed by atoms with Crippen molar-refractivity contribution in [3.8, 4) is 11.5 Å². The standard InChI is InChI=1S/C29H32N2O3/c1-20(13-14-21-9-5-4-6-10-21)31-29(32)18-24(22-15-16-27(33-2)28(17-22)34-3)25-19-30-26-12-8-7-11-23(25)26/h4-12,15-17,19-20,24,30H,13-14,18H2,1-3H3,(H,31,32)/t20-,24-/m1/s1. The number of H-pyrrole nitrogens is 1. The van der Waals surface area contributed by atoms with Crippen LogP contribution in [0.15, 0.2) is 79.0 Å². The van der Waals surface area contributed by atoms with E-state index in [1.165, 1.54) is 5.56 Å². The molecule has 0 spiro atoms. The Morgan fingerprint density at radius 1 is 0.941 bits per heavy atom. The highest BCUT2D eigenvalue weighted by atomic mass is 16.5. The summed E-state index contributed by atoms with van der Waals surface area (Å²) in [4.78, 5) is 16.5. The van der Waals surface area contributed by atoms with E-state index in [-0.39, 0.29) is 17.9 Å². The quantitative estimate of drug-likeness (QED) is 0.315. The molecule has 0 saturated heterocycles. The van der Waals surface area contributed by atoms with Gasteiger partial charge in [-0.15, -0.1) is 0 Å². The first kappa shape index (κ1) is 23.4. The lowest BCUT2D eigenvalue weighted by Gasteiger charge is -2.21. The lowest BCUT2D eigenvalue weighted by Crippen LogP contribution is -2.33. The average Bonchev–Trinajstić information content (AvgIpc) is 3.30. The minimum Gasteiger partial charge on any atom is -0.493 e. The first-order chi connectivity index (χ1) is 16.6. The maximum absolute atomic E-state index is 13.2. The first-order valence-corrected chi connectivity index (χ1v) is 11.7. The molecule has 4 aromatic rings. The summed E-state index contributed by atoms with van der Waals surface area (Å²) >= 11 is 0. The summed E-state index contributed by atoms with van der Waals surface area (Å²) in [5.74, 6) is 1.23. The van der Waals surface area contributed by atoms with Gasteiger partial charge < -0.3 is 19.8 Å². The van der Waals surface area contributed by atoms with Gasteiger partial charge in [-0.1, -0.05) is 54.6 Å². The van der Waals surface area contributed by atoms with Crippen LogP contribution >= 0.6 is 0 Å². The highest BCUT2D eigenvalue weighted by Crippen LogP contribution is 2.37. The van der Waals surface area contributed by atoms with Crippen molar-refractivity contribution < 1.29 is 14.3 Å². The third kappa shape index (κ3) is 5.42. The molecule has 2 atom stereocenters. The highest BCUT2D eigenvalue weighted by Gasteiger charge is 2.23. The molecule has 0 aliphatic carbocycles. The van der Waals surface area contributed by atoms with E-state index in [1.807, 2.05) is 54.7 Å². The van der Waals surface area contributed by atoms with Gasteiger partial charge in [-0.2, -0.15) is 0 Å². The Bertz CT molecular complexity index is 1230. The van der Waals surface area contributed by atoms with Gasteiger partial charge in [0.15, 0.2) is 11.5 Å². The van der Waals surface area contributed by atoms with E-state index in [0.29, 0.717) is 17.9 Å². The number of aromatic amines is 1. The fraction of sp³-hybridized carbons (Fsp3) is 0.276. The van der Waals surface area contributed by atoms with Gasteiger partial charge in [0.25, 0.3) is 0 Å². The van der Waals surface area contributed by atoms with Crippen LogP contribution in [0.3, 0.4) is 0 Å². The van der Waals surface area contributed by atoms with Crippen molar-refractivity contribution in [3.05, 3.63) is 95.7 Å². The normalized spacial score (nSPS) is 12.8. The van der Waals surface area contributed by atoms with Crippen LogP contribution in [0.5, 0.6) is 11.5 Å². The van der Waals surface area contributed by atoms with E-state index in [2.05, 4.69) is 41.5 Å². The zero-order valence-corrected chi connectivity index (χ0v) is 20.0. The van der Waals surface area contributed by atoms with Gasteiger partial charge in [0.1, 0.15) is 0 Å². The van der Waals surface area contributed by atoms with E-state index < -0.39 is 0 Å². The number of amides is 1. The molecule has 1 amide bonds. The minimum absolute atomic E-state index is 0.0330. The molecule has 0 aliphatic rings. The summed E-state index contributed by atoms with van der Waals surface area (Å²) < 4.78 is 11.0. The van der Waals surface area contributed by atoms with Gasteiger partial charge in [-0.25, -0.2) is 0 Å². The number of benzene rings is 3. The van der Waals surface area contributed by atoms with Crippen LogP contribution in [-0.2, 0) is 11.2 Å². The molecule has 1 aromatic heterocycles. The largest absolute Gasteiger partial charge is 0.493 e. The van der Waals surface area contributed by atoms with Crippen molar-refractivity contribution in [1.82, 2.24) is 10.3 Å². The SMILES string of the molecule is COc1ccc([C@@H](CC(=O)N[C@H](C)CCc2ccccc2)c2c[nH]c3ccccc23)cc1OC. The molecule has 34 heavy (non-hydrogen) atoms. The molecule has 2 N–H and O–H groups in total. The lowest BCUT2D eigenvalue weighted by molar-refractivity contribution is -0.121. The van der Waals surface area contributed by atoms with Gasteiger partial charge in [0.05, 0.1) is 14.2 Å². The molecule has 0 bridgehead atoms. The second-order valence-corrected chi connectivity index (χ2v) is 8.65. The number of ether oxygens (including phenoxy) is 2. The number of hydrogen-bond acceptors (Lipinski definition) is 3. The molecule has 5 heteroatoms. The number of hydrogen-bond donors (Lipinski definition) is 2. The fourth-order valence-electron chi connectivity index (χ4n) is 4.48. The lowest BCUT2D eigenvalue weighted by atomic mass is 9.87. The van der Waals surface area contributed by atoms with Crippen LogP contribution in [0.2, 0.25) is 0 Å². The third-order valence-electron chi connectivity index (χ3n) is 6.31.